The minimum Gasteiger partial charge on any atom is -0.355 e. The van der Waals surface area contributed by atoms with E-state index in [4.69, 9.17) is 0 Å². The lowest BCUT2D eigenvalue weighted by atomic mass is 10.2. The molecule has 2 rings (SSSR count). The van der Waals surface area contributed by atoms with E-state index < -0.39 is 11.7 Å². The first-order chi connectivity index (χ1) is 11.2. The van der Waals surface area contributed by atoms with Crippen LogP contribution in [-0.2, 0) is 0 Å². The fraction of sp³-hybridized carbons (Fsp3) is 0.500. The molecule has 0 saturated carbocycles. The van der Waals surface area contributed by atoms with Gasteiger partial charge in [0.1, 0.15) is 5.82 Å². The molecule has 0 aromatic heterocycles. The third kappa shape index (κ3) is 6.84. The van der Waals surface area contributed by atoms with Crippen molar-refractivity contribution in [3.63, 3.8) is 0 Å². The summed E-state index contributed by atoms with van der Waals surface area (Å²) in [6, 6.07) is 5.95. The number of hydrogen-bond acceptors (Lipinski definition) is 3. The summed E-state index contributed by atoms with van der Waals surface area (Å²) in [5, 5.41) is 9.76. The summed E-state index contributed by atoms with van der Waals surface area (Å²) in [4.78, 5) is 16.0. The van der Waals surface area contributed by atoms with Crippen LogP contribution in [0.3, 0.4) is 0 Å². The van der Waals surface area contributed by atoms with Crippen molar-refractivity contribution in [2.24, 2.45) is 4.99 Å². The third-order valence-corrected chi connectivity index (χ3v) is 4.96. The smallest absolute Gasteiger partial charge is 0.254 e. The highest BCUT2D eigenvalue weighted by atomic mass is 127. The number of aliphatic imine (C=N–C) groups is 1. The Labute approximate surface area is 163 Å². The molecule has 5 nitrogen and oxygen atoms in total. The van der Waals surface area contributed by atoms with Crippen LogP contribution in [0, 0.1) is 5.82 Å². The van der Waals surface area contributed by atoms with E-state index >= 15 is 0 Å². The first-order valence-corrected chi connectivity index (χ1v) is 8.84. The third-order valence-electron chi connectivity index (χ3n) is 3.57. The van der Waals surface area contributed by atoms with Crippen molar-refractivity contribution in [3.05, 3.63) is 35.6 Å². The van der Waals surface area contributed by atoms with E-state index in [1.807, 2.05) is 11.8 Å². The molecule has 1 aliphatic heterocycles. The Morgan fingerprint density at radius 1 is 1.29 bits per heavy atom. The molecule has 0 aliphatic carbocycles. The van der Waals surface area contributed by atoms with Crippen LogP contribution in [-0.4, -0.2) is 49.6 Å². The highest BCUT2D eigenvalue weighted by Crippen LogP contribution is 2.25. The Hall–Kier alpha value is -1.03. The van der Waals surface area contributed by atoms with Gasteiger partial charge in [0, 0.05) is 31.9 Å². The number of nitrogens with zero attached hydrogens (tertiary/aromatic N) is 1. The van der Waals surface area contributed by atoms with Crippen molar-refractivity contribution in [2.45, 2.75) is 18.1 Å². The van der Waals surface area contributed by atoms with E-state index in [0.717, 1.165) is 12.5 Å². The van der Waals surface area contributed by atoms with E-state index in [-0.39, 0.29) is 29.5 Å². The molecule has 1 atom stereocenters. The topological polar surface area (TPSA) is 65.5 Å². The van der Waals surface area contributed by atoms with Gasteiger partial charge in [-0.1, -0.05) is 12.1 Å². The van der Waals surface area contributed by atoms with Crippen LogP contribution in [0.5, 0.6) is 0 Å². The Morgan fingerprint density at radius 2 is 2.04 bits per heavy atom. The number of carbonyl (C=O) groups excluding carboxylic acids is 1. The monoisotopic (exact) mass is 466 g/mol. The second-order valence-electron chi connectivity index (χ2n) is 5.25. The van der Waals surface area contributed by atoms with Gasteiger partial charge in [-0.15, -0.1) is 24.0 Å². The molecule has 0 spiro atoms. The van der Waals surface area contributed by atoms with E-state index in [9.17, 15) is 9.18 Å². The molecule has 1 unspecified atom stereocenters. The molecule has 1 aliphatic rings. The van der Waals surface area contributed by atoms with Crippen LogP contribution in [0.4, 0.5) is 4.39 Å². The molecule has 0 bridgehead atoms. The Balaban J connectivity index is 0.00000288. The molecule has 24 heavy (non-hydrogen) atoms. The molecular weight excluding hydrogens is 442 g/mol. The number of guanidine groups is 1. The van der Waals surface area contributed by atoms with E-state index in [2.05, 4.69) is 20.9 Å². The van der Waals surface area contributed by atoms with Crippen molar-refractivity contribution in [3.8, 4) is 0 Å². The quantitative estimate of drug-likeness (QED) is 0.261. The first kappa shape index (κ1) is 21.0. The molecule has 3 N–H and O–H groups in total. The number of carbonyl (C=O) groups is 1. The number of benzene rings is 1. The zero-order valence-electron chi connectivity index (χ0n) is 13.7. The van der Waals surface area contributed by atoms with Gasteiger partial charge in [-0.25, -0.2) is 4.39 Å². The molecule has 1 saturated heterocycles. The zero-order chi connectivity index (χ0) is 16.5. The standard InChI is InChI=1S/C16H23FN4OS.HI/c1-18-16(21-11-12-5-4-10-23-12)20-9-8-19-15(22)13-6-2-3-7-14(13)17;/h2-3,6-7,12H,4-5,8-11H2,1H3,(H,19,22)(H2,18,20,21);1H. The van der Waals surface area contributed by atoms with Crippen molar-refractivity contribution >= 4 is 47.6 Å². The van der Waals surface area contributed by atoms with Crippen LogP contribution in [0.1, 0.15) is 23.2 Å². The second kappa shape index (κ2) is 11.5. The minimum atomic E-state index is -0.510. The SMILES string of the molecule is CN=C(NCCNC(=O)c1ccccc1F)NCC1CCCS1.I. The van der Waals surface area contributed by atoms with Gasteiger partial charge in [0.15, 0.2) is 5.96 Å². The maximum Gasteiger partial charge on any atom is 0.254 e. The van der Waals surface area contributed by atoms with Crippen LogP contribution < -0.4 is 16.0 Å². The van der Waals surface area contributed by atoms with Crippen LogP contribution in [0.25, 0.3) is 0 Å². The van der Waals surface area contributed by atoms with Crippen molar-refractivity contribution in [1.29, 1.82) is 0 Å². The summed E-state index contributed by atoms with van der Waals surface area (Å²) in [6.07, 6.45) is 2.53. The van der Waals surface area contributed by atoms with Gasteiger partial charge in [-0.3, -0.25) is 9.79 Å². The van der Waals surface area contributed by atoms with Crippen LogP contribution >= 0.6 is 35.7 Å². The van der Waals surface area contributed by atoms with Gasteiger partial charge >= 0.3 is 0 Å². The number of rotatable bonds is 6. The normalized spacial score (nSPS) is 17.1. The van der Waals surface area contributed by atoms with E-state index in [0.29, 0.717) is 18.3 Å². The van der Waals surface area contributed by atoms with Crippen LogP contribution in [0.2, 0.25) is 0 Å². The van der Waals surface area contributed by atoms with Crippen molar-refractivity contribution in [2.75, 3.05) is 32.4 Å². The highest BCUT2D eigenvalue weighted by molar-refractivity contribution is 14.0. The van der Waals surface area contributed by atoms with E-state index in [1.165, 1.54) is 30.7 Å². The average molecular weight is 466 g/mol. The summed E-state index contributed by atoms with van der Waals surface area (Å²) in [5.74, 6) is 1.04. The van der Waals surface area contributed by atoms with Gasteiger partial charge in [0.25, 0.3) is 5.91 Å². The summed E-state index contributed by atoms with van der Waals surface area (Å²) in [6.45, 7) is 1.82. The van der Waals surface area contributed by atoms with Crippen molar-refractivity contribution in [1.82, 2.24) is 16.0 Å². The molecule has 0 radical (unpaired) electrons. The average Bonchev–Trinajstić information content (AvgIpc) is 3.08. The predicted molar refractivity (Wildman–Crippen MR) is 109 cm³/mol. The molecular formula is C16H24FIN4OS. The number of nitrogens with one attached hydrogen (secondary N) is 3. The van der Waals surface area contributed by atoms with Gasteiger partial charge in [-0.2, -0.15) is 11.8 Å². The largest absolute Gasteiger partial charge is 0.355 e. The minimum absolute atomic E-state index is 0. The first-order valence-electron chi connectivity index (χ1n) is 7.79. The highest BCUT2D eigenvalue weighted by Gasteiger charge is 2.15. The lowest BCUT2D eigenvalue weighted by Gasteiger charge is -2.15. The second-order valence-corrected chi connectivity index (χ2v) is 6.66. The molecule has 8 heteroatoms. The number of halogens is 2. The fourth-order valence-corrected chi connectivity index (χ4v) is 3.54. The molecule has 134 valence electrons. The van der Waals surface area contributed by atoms with Crippen molar-refractivity contribution < 1.29 is 9.18 Å². The summed E-state index contributed by atoms with van der Waals surface area (Å²) in [7, 11) is 1.72. The fourth-order valence-electron chi connectivity index (χ4n) is 2.33. The maximum atomic E-state index is 13.5. The maximum absolute atomic E-state index is 13.5. The molecule has 1 aromatic rings. The van der Waals surface area contributed by atoms with Gasteiger partial charge in [0.2, 0.25) is 0 Å². The van der Waals surface area contributed by atoms with Crippen LogP contribution in [0.15, 0.2) is 29.3 Å². The Morgan fingerprint density at radius 3 is 2.71 bits per heavy atom. The molecule has 1 amide bonds. The van der Waals surface area contributed by atoms with Gasteiger partial charge in [-0.05, 0) is 30.7 Å². The number of hydrogen-bond donors (Lipinski definition) is 3. The summed E-state index contributed by atoms with van der Waals surface area (Å²) in [5.41, 5.74) is 0.0632. The summed E-state index contributed by atoms with van der Waals surface area (Å²) < 4.78 is 13.5. The Kier molecular flexibility index (Phi) is 10.1. The summed E-state index contributed by atoms with van der Waals surface area (Å²) >= 11 is 1.99. The number of amides is 1. The number of thioether (sulfide) groups is 1. The van der Waals surface area contributed by atoms with Gasteiger partial charge in [0.05, 0.1) is 5.56 Å². The van der Waals surface area contributed by atoms with Gasteiger partial charge < -0.3 is 16.0 Å². The zero-order valence-corrected chi connectivity index (χ0v) is 16.8. The predicted octanol–water partition coefficient (Wildman–Crippen LogP) is 2.23. The molecule has 1 fully saturated rings. The lowest BCUT2D eigenvalue weighted by Crippen LogP contribution is -2.43. The van der Waals surface area contributed by atoms with E-state index in [1.54, 1.807) is 19.2 Å². The molecule has 1 aromatic carbocycles. The lowest BCUT2D eigenvalue weighted by molar-refractivity contribution is 0.0950. The molecule has 1 heterocycles. The Bertz CT molecular complexity index is 553.